The van der Waals surface area contributed by atoms with Gasteiger partial charge in [0.15, 0.2) is 0 Å². The number of benzene rings is 1. The topological polar surface area (TPSA) is 80.0 Å². The van der Waals surface area contributed by atoms with E-state index in [1.807, 2.05) is 0 Å². The third kappa shape index (κ3) is 2.44. The molecule has 1 aromatic heterocycles. The first-order chi connectivity index (χ1) is 8.72. The molecule has 2 aromatic rings. The number of nitrogens with two attached hydrogens (primary N) is 1. The van der Waals surface area contributed by atoms with Crippen LogP contribution in [0.15, 0.2) is 42.7 Å². The van der Waals surface area contributed by atoms with Crippen molar-refractivity contribution in [1.29, 1.82) is 0 Å². The predicted molar refractivity (Wildman–Crippen MR) is 66.4 cm³/mol. The molecule has 4 N–H and O–H groups in total. The van der Waals surface area contributed by atoms with E-state index in [0.29, 0.717) is 5.69 Å². The molecule has 0 saturated heterocycles. The molecule has 0 bridgehead atoms. The van der Waals surface area contributed by atoms with Crippen LogP contribution in [0.3, 0.4) is 0 Å². The fourth-order valence-electron chi connectivity index (χ4n) is 1.49. The minimum atomic E-state index is -0.583. The van der Waals surface area contributed by atoms with Gasteiger partial charge in [-0.2, -0.15) is 0 Å². The predicted octanol–water partition coefficient (Wildman–Crippen LogP) is 1.76. The number of carbonyl (C=O) groups excluding carboxylic acids is 1. The van der Waals surface area contributed by atoms with Crippen LogP contribution in [-0.2, 0) is 0 Å². The van der Waals surface area contributed by atoms with E-state index >= 15 is 0 Å². The molecule has 6 heteroatoms. The van der Waals surface area contributed by atoms with E-state index in [9.17, 15) is 9.18 Å². The number of nitrogen functional groups attached to an aromatic ring is 1. The fourth-order valence-corrected chi connectivity index (χ4v) is 1.49. The third-order valence-corrected chi connectivity index (χ3v) is 2.34. The molecule has 0 aliphatic heterocycles. The number of hydrogen-bond acceptors (Lipinski definition) is 4. The Morgan fingerprint density at radius 2 is 1.94 bits per heavy atom. The van der Waals surface area contributed by atoms with E-state index in [2.05, 4.69) is 15.7 Å². The van der Waals surface area contributed by atoms with Gasteiger partial charge in [-0.05, 0) is 24.3 Å². The van der Waals surface area contributed by atoms with Gasteiger partial charge in [-0.15, -0.1) is 0 Å². The number of hydrogen-bond donors (Lipinski definition) is 3. The molecule has 0 atom stereocenters. The van der Waals surface area contributed by atoms with Crippen LogP contribution in [0.5, 0.6) is 0 Å². The number of rotatable bonds is 3. The zero-order valence-electron chi connectivity index (χ0n) is 9.35. The summed E-state index contributed by atoms with van der Waals surface area (Å²) in [5.41, 5.74) is 2.85. The summed E-state index contributed by atoms with van der Waals surface area (Å²) in [5.74, 6) is 4.17. The van der Waals surface area contributed by atoms with Gasteiger partial charge >= 0.3 is 0 Å². The zero-order valence-corrected chi connectivity index (χ0v) is 9.35. The summed E-state index contributed by atoms with van der Waals surface area (Å²) in [6.45, 7) is 0. The number of carbonyl (C=O) groups is 1. The molecule has 2 rings (SSSR count). The first kappa shape index (κ1) is 12.0. The van der Waals surface area contributed by atoms with Crippen molar-refractivity contribution in [2.24, 2.45) is 5.84 Å². The van der Waals surface area contributed by atoms with Gasteiger partial charge in [-0.1, -0.05) is 6.07 Å². The maximum absolute atomic E-state index is 13.4. The normalized spacial score (nSPS) is 9.89. The molecule has 0 aliphatic rings. The Balaban J connectivity index is 2.27. The second-order valence-electron chi connectivity index (χ2n) is 3.50. The molecule has 0 radical (unpaired) electrons. The standard InChI is InChI=1S/C12H11FN4O/c13-10-3-1-2-9(11(10)17-14)12(18)16-8-4-6-15-7-5-8/h1-7,17H,14H2,(H,15,16,18). The monoisotopic (exact) mass is 246 g/mol. The highest BCUT2D eigenvalue weighted by molar-refractivity contribution is 6.08. The Labute approximate surface area is 103 Å². The third-order valence-electron chi connectivity index (χ3n) is 2.34. The largest absolute Gasteiger partial charge is 0.322 e. The van der Waals surface area contributed by atoms with E-state index in [0.717, 1.165) is 0 Å². The molecule has 0 aliphatic carbocycles. The highest BCUT2D eigenvalue weighted by atomic mass is 19.1. The summed E-state index contributed by atoms with van der Waals surface area (Å²) < 4.78 is 13.4. The van der Waals surface area contributed by atoms with Gasteiger partial charge in [-0.25, -0.2) is 4.39 Å². The molecule has 18 heavy (non-hydrogen) atoms. The lowest BCUT2D eigenvalue weighted by atomic mass is 10.1. The molecule has 1 amide bonds. The number of nitrogens with zero attached hydrogens (tertiary/aromatic N) is 1. The summed E-state index contributed by atoms with van der Waals surface area (Å²) in [6.07, 6.45) is 3.09. The Bertz CT molecular complexity index is 559. The Kier molecular flexibility index (Phi) is 3.49. The van der Waals surface area contributed by atoms with Crippen molar-refractivity contribution in [3.8, 4) is 0 Å². The van der Waals surface area contributed by atoms with E-state index in [-0.39, 0.29) is 11.3 Å². The van der Waals surface area contributed by atoms with Crippen molar-refractivity contribution in [1.82, 2.24) is 4.98 Å². The average molecular weight is 246 g/mol. The summed E-state index contributed by atoms with van der Waals surface area (Å²) in [5, 5.41) is 2.62. The van der Waals surface area contributed by atoms with Crippen LogP contribution in [0.1, 0.15) is 10.4 Å². The van der Waals surface area contributed by atoms with Gasteiger partial charge in [0.2, 0.25) is 0 Å². The minimum absolute atomic E-state index is 0.0379. The van der Waals surface area contributed by atoms with E-state index in [4.69, 9.17) is 5.84 Å². The van der Waals surface area contributed by atoms with Crippen molar-refractivity contribution in [2.75, 3.05) is 10.7 Å². The molecule has 5 nitrogen and oxygen atoms in total. The minimum Gasteiger partial charge on any atom is -0.322 e. The summed E-state index contributed by atoms with van der Waals surface area (Å²) in [6, 6.07) is 7.41. The van der Waals surface area contributed by atoms with Crippen LogP contribution < -0.4 is 16.6 Å². The van der Waals surface area contributed by atoms with Crippen LogP contribution in [0.4, 0.5) is 15.8 Å². The molecule has 92 valence electrons. The van der Waals surface area contributed by atoms with Gasteiger partial charge in [0.25, 0.3) is 5.91 Å². The fraction of sp³-hybridized carbons (Fsp3) is 0. The Morgan fingerprint density at radius 1 is 1.22 bits per heavy atom. The van der Waals surface area contributed by atoms with Gasteiger partial charge < -0.3 is 10.7 Å². The number of pyridine rings is 1. The molecule has 0 spiro atoms. The van der Waals surface area contributed by atoms with E-state index < -0.39 is 11.7 Å². The summed E-state index contributed by atoms with van der Waals surface area (Å²) in [4.78, 5) is 15.8. The SMILES string of the molecule is NNc1c(F)cccc1C(=O)Nc1ccncc1. The smallest absolute Gasteiger partial charge is 0.257 e. The number of para-hydroxylation sites is 1. The maximum Gasteiger partial charge on any atom is 0.257 e. The zero-order chi connectivity index (χ0) is 13.0. The van der Waals surface area contributed by atoms with Crippen LogP contribution >= 0.6 is 0 Å². The van der Waals surface area contributed by atoms with Crippen LogP contribution in [0, 0.1) is 5.82 Å². The number of halogens is 1. The average Bonchev–Trinajstić information content (AvgIpc) is 2.39. The lowest BCUT2D eigenvalue weighted by molar-refractivity contribution is 0.102. The van der Waals surface area contributed by atoms with Crippen molar-refractivity contribution in [2.45, 2.75) is 0 Å². The summed E-state index contributed by atoms with van der Waals surface area (Å²) >= 11 is 0. The molecular weight excluding hydrogens is 235 g/mol. The van der Waals surface area contributed by atoms with Gasteiger partial charge in [0.05, 0.1) is 11.3 Å². The number of hydrazine groups is 1. The number of amides is 1. The molecule has 1 aromatic carbocycles. The lowest BCUT2D eigenvalue weighted by Crippen LogP contribution is -2.18. The van der Waals surface area contributed by atoms with Gasteiger partial charge in [0.1, 0.15) is 5.82 Å². The van der Waals surface area contributed by atoms with E-state index in [1.165, 1.54) is 18.2 Å². The molecule has 0 fully saturated rings. The van der Waals surface area contributed by atoms with Crippen molar-refractivity contribution >= 4 is 17.3 Å². The highest BCUT2D eigenvalue weighted by Gasteiger charge is 2.14. The van der Waals surface area contributed by atoms with Crippen molar-refractivity contribution < 1.29 is 9.18 Å². The van der Waals surface area contributed by atoms with Gasteiger partial charge in [0, 0.05) is 18.1 Å². The maximum atomic E-state index is 13.4. The summed E-state index contributed by atoms with van der Waals surface area (Å²) in [7, 11) is 0. The number of aromatic nitrogens is 1. The quantitative estimate of drug-likeness (QED) is 0.569. The van der Waals surface area contributed by atoms with Gasteiger partial charge in [-0.3, -0.25) is 15.6 Å². The first-order valence-corrected chi connectivity index (χ1v) is 5.19. The molecule has 0 unspecified atom stereocenters. The molecule has 1 heterocycles. The van der Waals surface area contributed by atoms with Crippen molar-refractivity contribution in [3.63, 3.8) is 0 Å². The molecular formula is C12H11FN4O. The highest BCUT2D eigenvalue weighted by Crippen LogP contribution is 2.19. The number of anilines is 2. The Morgan fingerprint density at radius 3 is 2.61 bits per heavy atom. The Hall–Kier alpha value is -2.47. The van der Waals surface area contributed by atoms with Crippen LogP contribution in [0.25, 0.3) is 0 Å². The van der Waals surface area contributed by atoms with E-state index in [1.54, 1.807) is 24.5 Å². The van der Waals surface area contributed by atoms with Crippen molar-refractivity contribution in [3.05, 3.63) is 54.1 Å². The second-order valence-corrected chi connectivity index (χ2v) is 3.50. The number of nitrogens with one attached hydrogen (secondary N) is 2. The van der Waals surface area contributed by atoms with Crippen LogP contribution in [0.2, 0.25) is 0 Å². The second kappa shape index (κ2) is 5.24. The first-order valence-electron chi connectivity index (χ1n) is 5.19. The lowest BCUT2D eigenvalue weighted by Gasteiger charge is -2.10. The molecule has 0 saturated carbocycles. The van der Waals surface area contributed by atoms with Crippen LogP contribution in [-0.4, -0.2) is 10.9 Å².